The van der Waals surface area contributed by atoms with Crippen LogP contribution in [0.3, 0.4) is 0 Å². The Morgan fingerprint density at radius 1 is 1.15 bits per heavy atom. The standard InChI is InChI=1S/C18H16N6OS2/c1-20-17-21-8-7-11(22-17)12-5-6-14(26-12)16(25)24-18-23-15-10(9-19)3-2-4-13(15)27-18/h2-8H,9,19H2,1H3,(H,20,21,22)(H,23,24,25). The van der Waals surface area contributed by atoms with Gasteiger partial charge in [-0.2, -0.15) is 0 Å². The predicted octanol–water partition coefficient (Wildman–Crippen LogP) is 3.57. The Morgan fingerprint density at radius 3 is 2.85 bits per heavy atom. The number of thiazole rings is 1. The molecule has 0 saturated heterocycles. The summed E-state index contributed by atoms with van der Waals surface area (Å²) >= 11 is 2.81. The van der Waals surface area contributed by atoms with Gasteiger partial charge < -0.3 is 11.1 Å². The molecule has 4 N–H and O–H groups in total. The van der Waals surface area contributed by atoms with Gasteiger partial charge in [0.05, 0.1) is 25.7 Å². The second-order valence-electron chi connectivity index (χ2n) is 5.62. The number of para-hydroxylation sites is 1. The molecule has 0 atom stereocenters. The molecule has 0 aliphatic heterocycles. The van der Waals surface area contributed by atoms with Crippen LogP contribution in [0.25, 0.3) is 20.8 Å². The third-order valence-corrected chi connectivity index (χ3v) is 5.95. The number of amides is 1. The molecule has 4 aromatic rings. The highest BCUT2D eigenvalue weighted by Crippen LogP contribution is 2.30. The van der Waals surface area contributed by atoms with Crippen LogP contribution >= 0.6 is 22.7 Å². The number of nitrogens with two attached hydrogens (primary N) is 1. The van der Waals surface area contributed by atoms with Gasteiger partial charge in [-0.05, 0) is 29.8 Å². The molecule has 0 aliphatic rings. The first kappa shape index (κ1) is 17.5. The van der Waals surface area contributed by atoms with Crippen molar-refractivity contribution in [2.24, 2.45) is 5.73 Å². The van der Waals surface area contributed by atoms with Gasteiger partial charge in [0.15, 0.2) is 5.13 Å². The summed E-state index contributed by atoms with van der Waals surface area (Å²) in [5.41, 5.74) is 8.33. The van der Waals surface area contributed by atoms with Gasteiger partial charge in [-0.15, -0.1) is 11.3 Å². The van der Waals surface area contributed by atoms with Crippen LogP contribution in [0.1, 0.15) is 15.2 Å². The first-order valence-electron chi connectivity index (χ1n) is 8.19. The Bertz CT molecular complexity index is 1120. The Balaban J connectivity index is 1.56. The minimum atomic E-state index is -0.192. The molecule has 27 heavy (non-hydrogen) atoms. The van der Waals surface area contributed by atoms with Gasteiger partial charge >= 0.3 is 0 Å². The van der Waals surface area contributed by atoms with Crippen molar-refractivity contribution in [3.63, 3.8) is 0 Å². The van der Waals surface area contributed by atoms with Crippen LogP contribution in [0.15, 0.2) is 42.6 Å². The average Bonchev–Trinajstić information content (AvgIpc) is 3.34. The lowest BCUT2D eigenvalue weighted by Crippen LogP contribution is -2.09. The Labute approximate surface area is 163 Å². The smallest absolute Gasteiger partial charge is 0.267 e. The van der Waals surface area contributed by atoms with Crippen molar-refractivity contribution in [1.82, 2.24) is 15.0 Å². The van der Waals surface area contributed by atoms with Gasteiger partial charge in [0.25, 0.3) is 5.91 Å². The summed E-state index contributed by atoms with van der Waals surface area (Å²) in [6.07, 6.45) is 1.68. The summed E-state index contributed by atoms with van der Waals surface area (Å²) in [5.74, 6) is 0.347. The number of aromatic nitrogens is 3. The van der Waals surface area contributed by atoms with E-state index < -0.39 is 0 Å². The number of benzene rings is 1. The van der Waals surface area contributed by atoms with Crippen LogP contribution in [-0.4, -0.2) is 27.9 Å². The third kappa shape index (κ3) is 3.52. The molecule has 0 saturated carbocycles. The quantitative estimate of drug-likeness (QED) is 0.476. The summed E-state index contributed by atoms with van der Waals surface area (Å²) in [6, 6.07) is 11.3. The van der Waals surface area contributed by atoms with Crippen molar-refractivity contribution in [2.75, 3.05) is 17.7 Å². The molecule has 136 valence electrons. The van der Waals surface area contributed by atoms with Crippen LogP contribution < -0.4 is 16.4 Å². The van der Waals surface area contributed by atoms with Crippen molar-refractivity contribution in [3.05, 3.63) is 53.0 Å². The number of rotatable bonds is 5. The molecule has 0 radical (unpaired) electrons. The average molecular weight is 397 g/mol. The van der Waals surface area contributed by atoms with Crippen molar-refractivity contribution >= 4 is 49.9 Å². The minimum absolute atomic E-state index is 0.192. The maximum atomic E-state index is 12.6. The van der Waals surface area contributed by atoms with Gasteiger partial charge in [-0.1, -0.05) is 23.5 Å². The van der Waals surface area contributed by atoms with Crippen molar-refractivity contribution in [1.29, 1.82) is 0 Å². The van der Waals surface area contributed by atoms with E-state index in [-0.39, 0.29) is 5.91 Å². The topological polar surface area (TPSA) is 106 Å². The van der Waals surface area contributed by atoms with E-state index in [9.17, 15) is 4.79 Å². The second-order valence-corrected chi connectivity index (χ2v) is 7.73. The van der Waals surface area contributed by atoms with E-state index in [1.807, 2.05) is 30.3 Å². The fraction of sp³-hybridized carbons (Fsp3) is 0.111. The van der Waals surface area contributed by atoms with Crippen LogP contribution in [0, 0.1) is 0 Å². The molecule has 1 aromatic carbocycles. The molecule has 7 nitrogen and oxygen atoms in total. The molecular formula is C18H16N6OS2. The minimum Gasteiger partial charge on any atom is -0.357 e. The zero-order valence-electron chi connectivity index (χ0n) is 14.4. The molecule has 0 fully saturated rings. The van der Waals surface area contributed by atoms with E-state index in [2.05, 4.69) is 25.6 Å². The number of nitrogens with zero attached hydrogens (tertiary/aromatic N) is 3. The highest BCUT2D eigenvalue weighted by molar-refractivity contribution is 7.22. The van der Waals surface area contributed by atoms with E-state index in [0.29, 0.717) is 22.5 Å². The molecule has 9 heteroatoms. The van der Waals surface area contributed by atoms with Crippen molar-refractivity contribution in [3.8, 4) is 10.6 Å². The molecule has 4 rings (SSSR count). The lowest BCUT2D eigenvalue weighted by molar-refractivity contribution is 0.103. The van der Waals surface area contributed by atoms with Crippen LogP contribution in [0.5, 0.6) is 0 Å². The van der Waals surface area contributed by atoms with E-state index in [1.54, 1.807) is 19.3 Å². The third-order valence-electron chi connectivity index (χ3n) is 3.90. The van der Waals surface area contributed by atoms with E-state index in [4.69, 9.17) is 5.73 Å². The number of fused-ring (bicyclic) bond motifs is 1. The van der Waals surface area contributed by atoms with Gasteiger partial charge in [-0.25, -0.2) is 15.0 Å². The maximum absolute atomic E-state index is 12.6. The van der Waals surface area contributed by atoms with Crippen molar-refractivity contribution < 1.29 is 4.79 Å². The number of thiophene rings is 1. The maximum Gasteiger partial charge on any atom is 0.267 e. The predicted molar refractivity (Wildman–Crippen MR) is 110 cm³/mol. The molecule has 0 bridgehead atoms. The SMILES string of the molecule is CNc1nccc(-c2ccc(C(=O)Nc3nc4c(CN)cccc4s3)s2)n1. The number of carbonyl (C=O) groups excluding carboxylic acids is 1. The summed E-state index contributed by atoms with van der Waals surface area (Å²) in [5, 5.41) is 6.35. The number of carbonyl (C=O) groups is 1. The molecule has 1 amide bonds. The molecule has 3 aromatic heterocycles. The summed E-state index contributed by atoms with van der Waals surface area (Å²) < 4.78 is 1.00. The Kier molecular flexibility index (Phi) is 4.80. The van der Waals surface area contributed by atoms with E-state index >= 15 is 0 Å². The Hall–Kier alpha value is -2.88. The van der Waals surface area contributed by atoms with Crippen LogP contribution in [0.4, 0.5) is 11.1 Å². The first-order valence-corrected chi connectivity index (χ1v) is 9.82. The van der Waals surface area contributed by atoms with Gasteiger partial charge in [0.2, 0.25) is 5.95 Å². The van der Waals surface area contributed by atoms with E-state index in [1.165, 1.54) is 22.7 Å². The molecule has 0 spiro atoms. The van der Waals surface area contributed by atoms with Gasteiger partial charge in [0.1, 0.15) is 0 Å². The molecular weight excluding hydrogens is 380 g/mol. The molecule has 3 heterocycles. The fourth-order valence-corrected chi connectivity index (χ4v) is 4.38. The summed E-state index contributed by atoms with van der Waals surface area (Å²) in [6.45, 7) is 0.413. The first-order chi connectivity index (χ1) is 13.2. The zero-order chi connectivity index (χ0) is 18.8. The zero-order valence-corrected chi connectivity index (χ0v) is 16.0. The largest absolute Gasteiger partial charge is 0.357 e. The highest BCUT2D eigenvalue weighted by Gasteiger charge is 2.14. The molecule has 0 unspecified atom stereocenters. The normalized spacial score (nSPS) is 10.9. The van der Waals surface area contributed by atoms with Crippen molar-refractivity contribution in [2.45, 2.75) is 6.54 Å². The summed E-state index contributed by atoms with van der Waals surface area (Å²) in [7, 11) is 1.76. The monoisotopic (exact) mass is 396 g/mol. The molecule has 0 aliphatic carbocycles. The number of anilines is 2. The lowest BCUT2D eigenvalue weighted by atomic mass is 10.2. The number of hydrogen-bond donors (Lipinski definition) is 3. The summed E-state index contributed by atoms with van der Waals surface area (Å²) in [4.78, 5) is 27.1. The van der Waals surface area contributed by atoms with Crippen LogP contribution in [0.2, 0.25) is 0 Å². The fourth-order valence-electron chi connectivity index (χ4n) is 2.60. The number of nitrogens with one attached hydrogen (secondary N) is 2. The second kappa shape index (κ2) is 7.39. The number of hydrogen-bond acceptors (Lipinski definition) is 8. The lowest BCUT2D eigenvalue weighted by Gasteiger charge is -2.00. The van der Waals surface area contributed by atoms with Gasteiger partial charge in [-0.3, -0.25) is 10.1 Å². The highest BCUT2D eigenvalue weighted by atomic mass is 32.1. The van der Waals surface area contributed by atoms with Gasteiger partial charge in [0, 0.05) is 19.8 Å². The van der Waals surface area contributed by atoms with E-state index in [0.717, 1.165) is 26.4 Å². The van der Waals surface area contributed by atoms with Crippen LogP contribution in [-0.2, 0) is 6.54 Å². The Morgan fingerprint density at radius 2 is 2.04 bits per heavy atom.